The Morgan fingerprint density at radius 1 is 0.919 bits per heavy atom. The number of aldehydes is 1. The van der Waals surface area contributed by atoms with Gasteiger partial charge >= 0.3 is 5.97 Å². The maximum Gasteiger partial charge on any atom is 0.317 e. The van der Waals surface area contributed by atoms with Crippen molar-refractivity contribution in [3.8, 4) is 22.6 Å². The Morgan fingerprint density at radius 2 is 1.43 bits per heavy atom. The lowest BCUT2D eigenvalue weighted by molar-refractivity contribution is -0.136. The molecule has 37 heavy (non-hydrogen) atoms. The summed E-state index contributed by atoms with van der Waals surface area (Å²) in [5, 5.41) is 0. The number of benzene rings is 3. The van der Waals surface area contributed by atoms with Gasteiger partial charge in [0.2, 0.25) is 0 Å². The summed E-state index contributed by atoms with van der Waals surface area (Å²) < 4.78 is 10.6. The molecule has 3 aromatic rings. The third-order valence-corrected chi connectivity index (χ3v) is 5.63. The Kier molecular flexibility index (Phi) is 14.0. The second kappa shape index (κ2) is 16.7. The lowest BCUT2D eigenvalue weighted by Gasteiger charge is -2.10. The van der Waals surface area contributed by atoms with E-state index < -0.39 is 0 Å². The fourth-order valence-corrected chi connectivity index (χ4v) is 3.16. The third kappa shape index (κ3) is 11.1. The molecular weight excluding hydrogens is 460 g/mol. The van der Waals surface area contributed by atoms with Crippen molar-refractivity contribution in [1.29, 1.82) is 0 Å². The van der Waals surface area contributed by atoms with Crippen LogP contribution in [-0.4, -0.2) is 19.4 Å². The first-order valence-electron chi connectivity index (χ1n) is 12.4. The summed E-state index contributed by atoms with van der Waals surface area (Å²) >= 11 is 0. The van der Waals surface area contributed by atoms with Crippen LogP contribution in [0.1, 0.15) is 55.6 Å². The van der Waals surface area contributed by atoms with Crippen LogP contribution in [0.3, 0.4) is 0 Å². The topological polar surface area (TPSA) is 52.6 Å². The van der Waals surface area contributed by atoms with Crippen LogP contribution in [0.15, 0.2) is 91.0 Å². The number of methoxy groups -OCH3 is 1. The molecule has 0 radical (unpaired) electrons. The SMILES string of the molecule is C=CC.CC/C(C)=C\C(C)C(=O)Oc1ccc(-c2ccc(OC)cc2)cc1.Cc1ccc(C=O)cc1C. The monoisotopic (exact) mass is 500 g/mol. The summed E-state index contributed by atoms with van der Waals surface area (Å²) in [6.07, 6.45) is 5.51. The molecule has 1 atom stereocenters. The maximum atomic E-state index is 12.1. The first-order chi connectivity index (χ1) is 17.7. The van der Waals surface area contributed by atoms with E-state index in [1.54, 1.807) is 13.2 Å². The van der Waals surface area contributed by atoms with Crippen molar-refractivity contribution in [1.82, 2.24) is 0 Å². The lowest BCUT2D eigenvalue weighted by Crippen LogP contribution is -2.16. The van der Waals surface area contributed by atoms with E-state index in [-0.39, 0.29) is 11.9 Å². The smallest absolute Gasteiger partial charge is 0.317 e. The van der Waals surface area contributed by atoms with Crippen molar-refractivity contribution in [2.45, 2.75) is 48.0 Å². The van der Waals surface area contributed by atoms with Crippen LogP contribution in [0.2, 0.25) is 0 Å². The van der Waals surface area contributed by atoms with Crippen LogP contribution in [0.4, 0.5) is 0 Å². The molecule has 0 saturated heterocycles. The molecule has 0 aromatic heterocycles. The summed E-state index contributed by atoms with van der Waals surface area (Å²) in [6, 6.07) is 21.1. The standard InChI is InChI=1S/C21H24O3.C9H10O.C3H6/c1-5-15(2)14-16(3)21(22)24-20-12-8-18(9-13-20)17-6-10-19(23-4)11-7-17;1-7-3-4-9(6-10)5-8(7)2;1-3-2/h6-14,16H,5H2,1-4H3;3-6H,1-2H3;3H,1H2,2H3/b15-14-;;. The van der Waals surface area contributed by atoms with Gasteiger partial charge in [0.25, 0.3) is 0 Å². The molecule has 0 spiro atoms. The average Bonchev–Trinajstić information content (AvgIpc) is 2.91. The summed E-state index contributed by atoms with van der Waals surface area (Å²) in [4.78, 5) is 22.4. The normalized spacial score (nSPS) is 11.1. The number of aryl methyl sites for hydroxylation is 2. The van der Waals surface area contributed by atoms with Gasteiger partial charge in [-0.3, -0.25) is 9.59 Å². The van der Waals surface area contributed by atoms with Crippen molar-refractivity contribution < 1.29 is 19.1 Å². The van der Waals surface area contributed by atoms with Gasteiger partial charge in [0.1, 0.15) is 17.8 Å². The largest absolute Gasteiger partial charge is 0.497 e. The highest BCUT2D eigenvalue weighted by Gasteiger charge is 2.13. The lowest BCUT2D eigenvalue weighted by atomic mass is 10.1. The predicted molar refractivity (Wildman–Crippen MR) is 154 cm³/mol. The minimum absolute atomic E-state index is 0.236. The Labute approximate surface area is 222 Å². The molecule has 3 aromatic carbocycles. The number of rotatable bonds is 7. The Bertz CT molecular complexity index is 1160. The summed E-state index contributed by atoms with van der Waals surface area (Å²) in [7, 11) is 1.65. The second-order valence-electron chi connectivity index (χ2n) is 8.70. The minimum atomic E-state index is -0.244. The molecule has 1 unspecified atom stereocenters. The fraction of sp³-hybridized carbons (Fsp3) is 0.273. The van der Waals surface area contributed by atoms with Crippen molar-refractivity contribution in [3.05, 3.63) is 108 Å². The highest BCUT2D eigenvalue weighted by molar-refractivity contribution is 5.77. The van der Waals surface area contributed by atoms with Gasteiger partial charge in [0, 0.05) is 5.56 Å². The minimum Gasteiger partial charge on any atom is -0.497 e. The molecule has 0 amide bonds. The molecule has 0 aliphatic carbocycles. The van der Waals surface area contributed by atoms with Crippen LogP contribution in [-0.2, 0) is 4.79 Å². The molecule has 4 nitrogen and oxygen atoms in total. The van der Waals surface area contributed by atoms with E-state index in [0.29, 0.717) is 5.75 Å². The molecule has 0 bridgehead atoms. The van der Waals surface area contributed by atoms with Gasteiger partial charge in [-0.1, -0.05) is 61.0 Å². The summed E-state index contributed by atoms with van der Waals surface area (Å²) in [5.74, 6) is 0.909. The second-order valence-corrected chi connectivity index (χ2v) is 8.70. The van der Waals surface area contributed by atoms with E-state index >= 15 is 0 Å². The number of carbonyl (C=O) groups excluding carboxylic acids is 2. The number of hydrogen-bond acceptors (Lipinski definition) is 4. The van der Waals surface area contributed by atoms with Gasteiger partial charge in [-0.05, 0) is 93.6 Å². The Balaban J connectivity index is 0.000000435. The number of hydrogen-bond donors (Lipinski definition) is 0. The number of esters is 1. The molecule has 0 saturated carbocycles. The molecule has 0 aliphatic rings. The van der Waals surface area contributed by atoms with Crippen LogP contribution < -0.4 is 9.47 Å². The number of allylic oxidation sites excluding steroid dienone is 2. The van der Waals surface area contributed by atoms with Gasteiger partial charge in [0.05, 0.1) is 13.0 Å². The number of carbonyl (C=O) groups is 2. The first-order valence-corrected chi connectivity index (χ1v) is 12.4. The van der Waals surface area contributed by atoms with Gasteiger partial charge < -0.3 is 9.47 Å². The van der Waals surface area contributed by atoms with Crippen molar-refractivity contribution in [2.75, 3.05) is 7.11 Å². The van der Waals surface area contributed by atoms with Gasteiger partial charge in [-0.15, -0.1) is 6.58 Å². The van der Waals surface area contributed by atoms with E-state index in [1.165, 1.54) is 16.7 Å². The predicted octanol–water partition coefficient (Wildman–Crippen LogP) is 8.57. The molecule has 4 heteroatoms. The van der Waals surface area contributed by atoms with E-state index in [1.807, 2.05) is 107 Å². The zero-order valence-electron chi connectivity index (χ0n) is 23.2. The van der Waals surface area contributed by atoms with Gasteiger partial charge in [-0.2, -0.15) is 0 Å². The highest BCUT2D eigenvalue weighted by atomic mass is 16.5. The van der Waals surface area contributed by atoms with Crippen molar-refractivity contribution in [2.24, 2.45) is 5.92 Å². The molecule has 0 N–H and O–H groups in total. The Hall–Kier alpha value is -3.92. The zero-order chi connectivity index (χ0) is 27.8. The molecule has 3 rings (SSSR count). The molecule has 0 heterocycles. The maximum absolute atomic E-state index is 12.1. The van der Waals surface area contributed by atoms with E-state index in [2.05, 4.69) is 13.5 Å². The van der Waals surface area contributed by atoms with Crippen LogP contribution in [0.5, 0.6) is 11.5 Å². The van der Waals surface area contributed by atoms with Gasteiger partial charge in [-0.25, -0.2) is 0 Å². The number of ether oxygens (including phenoxy) is 2. The zero-order valence-corrected chi connectivity index (χ0v) is 23.2. The van der Waals surface area contributed by atoms with Crippen molar-refractivity contribution in [3.63, 3.8) is 0 Å². The van der Waals surface area contributed by atoms with Crippen LogP contribution in [0.25, 0.3) is 11.1 Å². The van der Waals surface area contributed by atoms with E-state index in [4.69, 9.17) is 9.47 Å². The molecular formula is C33H40O4. The quantitative estimate of drug-likeness (QED) is 0.141. The Morgan fingerprint density at radius 3 is 1.86 bits per heavy atom. The van der Waals surface area contributed by atoms with Crippen LogP contribution >= 0.6 is 0 Å². The van der Waals surface area contributed by atoms with Crippen LogP contribution in [0, 0.1) is 19.8 Å². The van der Waals surface area contributed by atoms with Gasteiger partial charge in [0.15, 0.2) is 0 Å². The highest BCUT2D eigenvalue weighted by Crippen LogP contribution is 2.25. The average molecular weight is 501 g/mol. The van der Waals surface area contributed by atoms with E-state index in [0.717, 1.165) is 35.1 Å². The molecule has 196 valence electrons. The van der Waals surface area contributed by atoms with Crippen molar-refractivity contribution >= 4 is 12.3 Å². The third-order valence-electron chi connectivity index (χ3n) is 5.63. The molecule has 0 fully saturated rings. The van der Waals surface area contributed by atoms with E-state index in [9.17, 15) is 9.59 Å². The molecule has 0 aliphatic heterocycles. The fourth-order valence-electron chi connectivity index (χ4n) is 3.16. The summed E-state index contributed by atoms with van der Waals surface area (Å²) in [5.41, 5.74) is 6.49. The summed E-state index contributed by atoms with van der Waals surface area (Å²) in [6.45, 7) is 15.2. The first kappa shape index (κ1) is 31.1.